The zero-order valence-electron chi connectivity index (χ0n) is 15.0. The fraction of sp³-hybridized carbons (Fsp3) is 0.350. The lowest BCUT2D eigenvalue weighted by molar-refractivity contribution is 0.327. The largest absolute Gasteiger partial charge is 0.478 e. The first-order valence-electron chi connectivity index (χ1n) is 8.75. The second-order valence-electron chi connectivity index (χ2n) is 6.38. The fourth-order valence-corrected chi connectivity index (χ4v) is 2.64. The van der Waals surface area contributed by atoms with E-state index in [0.717, 1.165) is 40.8 Å². The molecule has 130 valence electrons. The number of hydrogen-bond acceptors (Lipinski definition) is 5. The van der Waals surface area contributed by atoms with E-state index in [9.17, 15) is 0 Å². The third-order valence-electron chi connectivity index (χ3n) is 4.01. The van der Waals surface area contributed by atoms with Crippen LogP contribution in [0.15, 0.2) is 42.9 Å². The molecule has 5 nitrogen and oxygen atoms in total. The van der Waals surface area contributed by atoms with Crippen molar-refractivity contribution >= 4 is 16.7 Å². The van der Waals surface area contributed by atoms with Gasteiger partial charge in [-0.1, -0.05) is 19.9 Å². The maximum absolute atomic E-state index is 5.41. The SMILES string of the molecule is CCOc1ccc(-c2ccc3ncnc(NCCC(C)C)c3c2)cn1. The maximum Gasteiger partial charge on any atom is 0.213 e. The number of aromatic nitrogens is 3. The molecule has 3 aromatic rings. The average Bonchev–Trinajstić information content (AvgIpc) is 2.62. The Labute approximate surface area is 148 Å². The minimum absolute atomic E-state index is 0.616. The van der Waals surface area contributed by atoms with E-state index >= 15 is 0 Å². The number of rotatable bonds is 7. The molecule has 5 heteroatoms. The Morgan fingerprint density at radius 3 is 2.60 bits per heavy atom. The minimum Gasteiger partial charge on any atom is -0.478 e. The highest BCUT2D eigenvalue weighted by Gasteiger charge is 2.07. The number of benzene rings is 1. The van der Waals surface area contributed by atoms with Crippen LogP contribution in [0, 0.1) is 5.92 Å². The van der Waals surface area contributed by atoms with Crippen LogP contribution in [-0.2, 0) is 0 Å². The molecule has 1 N–H and O–H groups in total. The molecule has 0 unspecified atom stereocenters. The zero-order valence-corrected chi connectivity index (χ0v) is 15.0. The lowest BCUT2D eigenvalue weighted by Gasteiger charge is -2.11. The highest BCUT2D eigenvalue weighted by Crippen LogP contribution is 2.27. The zero-order chi connectivity index (χ0) is 17.6. The molecule has 0 aliphatic heterocycles. The Morgan fingerprint density at radius 2 is 1.88 bits per heavy atom. The van der Waals surface area contributed by atoms with Crippen molar-refractivity contribution < 1.29 is 4.74 Å². The lowest BCUT2D eigenvalue weighted by atomic mass is 10.1. The first-order chi connectivity index (χ1) is 12.2. The van der Waals surface area contributed by atoms with E-state index in [0.29, 0.717) is 18.4 Å². The van der Waals surface area contributed by atoms with E-state index in [-0.39, 0.29) is 0 Å². The van der Waals surface area contributed by atoms with E-state index in [1.54, 1.807) is 6.33 Å². The summed E-state index contributed by atoms with van der Waals surface area (Å²) >= 11 is 0. The van der Waals surface area contributed by atoms with Crippen LogP contribution in [0.3, 0.4) is 0 Å². The molecule has 0 spiro atoms. The van der Waals surface area contributed by atoms with E-state index in [4.69, 9.17) is 4.74 Å². The van der Waals surface area contributed by atoms with Gasteiger partial charge in [-0.05, 0) is 43.0 Å². The molecule has 25 heavy (non-hydrogen) atoms. The van der Waals surface area contributed by atoms with E-state index in [1.165, 1.54) is 0 Å². The summed E-state index contributed by atoms with van der Waals surface area (Å²) in [6, 6.07) is 10.1. The van der Waals surface area contributed by atoms with Gasteiger partial charge < -0.3 is 10.1 Å². The van der Waals surface area contributed by atoms with Gasteiger partial charge in [0.05, 0.1) is 12.1 Å². The fourth-order valence-electron chi connectivity index (χ4n) is 2.64. The topological polar surface area (TPSA) is 59.9 Å². The first kappa shape index (κ1) is 17.1. The Balaban J connectivity index is 1.89. The molecule has 0 bridgehead atoms. The van der Waals surface area contributed by atoms with Crippen molar-refractivity contribution in [2.24, 2.45) is 5.92 Å². The molecule has 0 aliphatic rings. The van der Waals surface area contributed by atoms with E-state index < -0.39 is 0 Å². The number of nitrogens with zero attached hydrogens (tertiary/aromatic N) is 3. The molecule has 1 aromatic carbocycles. The van der Waals surface area contributed by atoms with Crippen molar-refractivity contribution in [3.05, 3.63) is 42.9 Å². The summed E-state index contributed by atoms with van der Waals surface area (Å²) in [5.41, 5.74) is 3.07. The predicted molar refractivity (Wildman–Crippen MR) is 102 cm³/mol. The Hall–Kier alpha value is -2.69. The van der Waals surface area contributed by atoms with Crippen molar-refractivity contribution in [1.29, 1.82) is 0 Å². The van der Waals surface area contributed by atoms with Crippen LogP contribution in [0.2, 0.25) is 0 Å². The summed E-state index contributed by atoms with van der Waals surface area (Å²) in [5, 5.41) is 4.46. The number of anilines is 1. The van der Waals surface area contributed by atoms with Crippen LogP contribution < -0.4 is 10.1 Å². The molecule has 3 rings (SSSR count). The lowest BCUT2D eigenvalue weighted by Crippen LogP contribution is -2.06. The highest BCUT2D eigenvalue weighted by molar-refractivity contribution is 5.92. The second-order valence-corrected chi connectivity index (χ2v) is 6.38. The van der Waals surface area contributed by atoms with Crippen molar-refractivity contribution in [2.45, 2.75) is 27.2 Å². The smallest absolute Gasteiger partial charge is 0.213 e. The summed E-state index contributed by atoms with van der Waals surface area (Å²) < 4.78 is 5.41. The summed E-state index contributed by atoms with van der Waals surface area (Å²) in [6.07, 6.45) is 4.55. The maximum atomic E-state index is 5.41. The molecule has 0 amide bonds. The number of ether oxygens (including phenoxy) is 1. The molecule has 0 aliphatic carbocycles. The molecule has 2 aromatic heterocycles. The van der Waals surface area contributed by atoms with E-state index in [2.05, 4.69) is 46.2 Å². The minimum atomic E-state index is 0.616. The molecule has 0 fully saturated rings. The van der Waals surface area contributed by atoms with Gasteiger partial charge in [-0.3, -0.25) is 0 Å². The number of pyridine rings is 1. The van der Waals surface area contributed by atoms with Crippen LogP contribution in [0.1, 0.15) is 27.2 Å². The van der Waals surface area contributed by atoms with Crippen LogP contribution >= 0.6 is 0 Å². The van der Waals surface area contributed by atoms with Gasteiger partial charge in [0.25, 0.3) is 0 Å². The van der Waals surface area contributed by atoms with Gasteiger partial charge in [-0.2, -0.15) is 0 Å². The molecular weight excluding hydrogens is 312 g/mol. The van der Waals surface area contributed by atoms with Crippen molar-refractivity contribution in [3.8, 4) is 17.0 Å². The third-order valence-corrected chi connectivity index (χ3v) is 4.01. The monoisotopic (exact) mass is 336 g/mol. The van der Waals surface area contributed by atoms with Crippen LogP contribution in [0.5, 0.6) is 5.88 Å². The Kier molecular flexibility index (Phi) is 5.43. The van der Waals surface area contributed by atoms with Gasteiger partial charge in [0, 0.05) is 29.8 Å². The molecule has 0 atom stereocenters. The molecule has 0 radical (unpaired) electrons. The summed E-state index contributed by atoms with van der Waals surface area (Å²) in [5.74, 6) is 2.18. The normalized spacial score (nSPS) is 11.0. The second kappa shape index (κ2) is 7.92. The molecule has 2 heterocycles. The van der Waals surface area contributed by atoms with Crippen molar-refractivity contribution in [3.63, 3.8) is 0 Å². The predicted octanol–water partition coefficient (Wildman–Crippen LogP) is 4.55. The van der Waals surface area contributed by atoms with Crippen molar-refractivity contribution in [2.75, 3.05) is 18.5 Å². The number of hydrogen-bond donors (Lipinski definition) is 1. The van der Waals surface area contributed by atoms with Gasteiger partial charge in [0.1, 0.15) is 12.1 Å². The highest BCUT2D eigenvalue weighted by atomic mass is 16.5. The summed E-state index contributed by atoms with van der Waals surface area (Å²) in [6.45, 7) is 7.91. The van der Waals surface area contributed by atoms with Gasteiger partial charge >= 0.3 is 0 Å². The van der Waals surface area contributed by atoms with E-state index in [1.807, 2.05) is 31.3 Å². The standard InChI is InChI=1S/C20H24N4O/c1-4-25-19-8-6-16(12-22-19)15-5-7-18-17(11-15)20(24-13-23-18)21-10-9-14(2)3/h5-8,11-14H,4,9-10H2,1-3H3,(H,21,23,24). The molecular formula is C20H24N4O. The average molecular weight is 336 g/mol. The number of nitrogens with one attached hydrogen (secondary N) is 1. The summed E-state index contributed by atoms with van der Waals surface area (Å²) in [4.78, 5) is 13.1. The van der Waals surface area contributed by atoms with Crippen LogP contribution in [0.4, 0.5) is 5.82 Å². The molecule has 0 saturated heterocycles. The van der Waals surface area contributed by atoms with Crippen LogP contribution in [0.25, 0.3) is 22.0 Å². The van der Waals surface area contributed by atoms with Crippen molar-refractivity contribution in [1.82, 2.24) is 15.0 Å². The van der Waals surface area contributed by atoms with Gasteiger partial charge in [0.15, 0.2) is 0 Å². The quantitative estimate of drug-likeness (QED) is 0.686. The number of fused-ring (bicyclic) bond motifs is 1. The Morgan fingerprint density at radius 1 is 1.04 bits per heavy atom. The Bertz CT molecular complexity index is 831. The summed E-state index contributed by atoms with van der Waals surface area (Å²) in [7, 11) is 0. The van der Waals surface area contributed by atoms with Crippen LogP contribution in [-0.4, -0.2) is 28.1 Å². The first-order valence-corrected chi connectivity index (χ1v) is 8.75. The van der Waals surface area contributed by atoms with Gasteiger partial charge in [-0.15, -0.1) is 0 Å². The van der Waals surface area contributed by atoms with Gasteiger partial charge in [-0.25, -0.2) is 15.0 Å². The third kappa shape index (κ3) is 4.24. The van der Waals surface area contributed by atoms with Gasteiger partial charge in [0.2, 0.25) is 5.88 Å². The molecule has 0 saturated carbocycles.